The first-order chi connectivity index (χ1) is 10.6. The van der Waals surface area contributed by atoms with Gasteiger partial charge in [0.1, 0.15) is 5.69 Å². The van der Waals surface area contributed by atoms with Gasteiger partial charge in [0.15, 0.2) is 0 Å². The molecular weight excluding hydrogens is 284 g/mol. The highest BCUT2D eigenvalue weighted by molar-refractivity contribution is 5.92. The topological polar surface area (TPSA) is 89.6 Å². The van der Waals surface area contributed by atoms with Gasteiger partial charge in [-0.3, -0.25) is 4.79 Å². The fourth-order valence-corrected chi connectivity index (χ4v) is 3.42. The van der Waals surface area contributed by atoms with Crippen LogP contribution in [0.4, 0.5) is 4.79 Å². The summed E-state index contributed by atoms with van der Waals surface area (Å²) in [5.41, 5.74) is 5.99. The third kappa shape index (κ3) is 2.81. The largest absolute Gasteiger partial charge is 0.376 e. The van der Waals surface area contributed by atoms with Crippen molar-refractivity contribution in [3.8, 4) is 0 Å². The van der Waals surface area contributed by atoms with Crippen LogP contribution in [-0.4, -0.2) is 53.8 Å². The van der Waals surface area contributed by atoms with Gasteiger partial charge in [-0.1, -0.05) is 0 Å². The number of carbonyl (C=O) groups is 2. The fraction of sp³-hybridized carbons (Fsp3) is 0.600. The number of hydrogen-bond acceptors (Lipinski definition) is 3. The molecule has 3 amide bonds. The number of piperidine rings is 1. The molecule has 0 saturated carbocycles. The zero-order valence-electron chi connectivity index (χ0n) is 12.7. The van der Waals surface area contributed by atoms with E-state index in [1.54, 1.807) is 15.5 Å². The lowest BCUT2D eigenvalue weighted by molar-refractivity contribution is 0.0722. The van der Waals surface area contributed by atoms with Crippen LogP contribution in [0, 0.1) is 11.8 Å². The Kier molecular flexibility index (Phi) is 4.06. The molecule has 0 spiro atoms. The van der Waals surface area contributed by atoms with Crippen LogP contribution >= 0.6 is 0 Å². The number of ether oxygens (including phenoxy) is 1. The highest BCUT2D eigenvalue weighted by Gasteiger charge is 2.41. The number of carbonyl (C=O) groups excluding carboxylic acids is 2. The maximum atomic E-state index is 12.1. The molecule has 2 fully saturated rings. The van der Waals surface area contributed by atoms with Gasteiger partial charge < -0.3 is 25.3 Å². The van der Waals surface area contributed by atoms with Gasteiger partial charge in [0.05, 0.1) is 12.7 Å². The molecule has 2 aliphatic rings. The van der Waals surface area contributed by atoms with E-state index in [2.05, 4.69) is 5.32 Å². The van der Waals surface area contributed by atoms with Gasteiger partial charge in [-0.2, -0.15) is 0 Å². The number of nitrogens with zero attached hydrogens (tertiary/aromatic N) is 2. The predicted octanol–water partition coefficient (Wildman–Crippen LogP) is 0.171. The van der Waals surface area contributed by atoms with Crippen molar-refractivity contribution in [2.75, 3.05) is 26.2 Å². The summed E-state index contributed by atoms with van der Waals surface area (Å²) in [6, 6.07) is 3.24. The number of hydrogen-bond donors (Lipinski definition) is 2. The van der Waals surface area contributed by atoms with Gasteiger partial charge in [0.25, 0.3) is 5.91 Å². The third-order valence-corrected chi connectivity index (χ3v) is 4.76. The summed E-state index contributed by atoms with van der Waals surface area (Å²) in [5.74, 6) is 0.588. The van der Waals surface area contributed by atoms with Crippen LogP contribution in [0.3, 0.4) is 0 Å². The zero-order valence-corrected chi connectivity index (χ0v) is 12.7. The van der Waals surface area contributed by atoms with Crippen LogP contribution < -0.4 is 11.1 Å². The predicted molar refractivity (Wildman–Crippen MR) is 80.2 cm³/mol. The molecule has 0 unspecified atom stereocenters. The molecule has 1 aromatic heterocycles. The Morgan fingerprint density at radius 3 is 3.00 bits per heavy atom. The van der Waals surface area contributed by atoms with Crippen molar-refractivity contribution < 1.29 is 14.3 Å². The minimum Gasteiger partial charge on any atom is -0.376 e. The van der Waals surface area contributed by atoms with E-state index in [1.807, 2.05) is 19.3 Å². The number of urea groups is 1. The zero-order chi connectivity index (χ0) is 15.7. The number of aryl methyl sites for hydroxylation is 1. The Morgan fingerprint density at radius 1 is 1.50 bits per heavy atom. The van der Waals surface area contributed by atoms with Gasteiger partial charge in [0, 0.05) is 38.8 Å². The highest BCUT2D eigenvalue weighted by atomic mass is 16.5. The number of rotatable bonds is 3. The molecule has 7 nitrogen and oxygen atoms in total. The maximum absolute atomic E-state index is 12.1. The summed E-state index contributed by atoms with van der Waals surface area (Å²) >= 11 is 0. The molecule has 0 bridgehead atoms. The van der Waals surface area contributed by atoms with E-state index >= 15 is 0 Å². The van der Waals surface area contributed by atoms with Gasteiger partial charge in [-0.25, -0.2) is 4.79 Å². The number of likely N-dealkylation sites (tertiary alicyclic amines) is 1. The molecule has 2 aliphatic heterocycles. The Hall–Kier alpha value is -2.02. The standard InChI is InChI=1S/C15H22N4O3/c1-18-5-2-3-12(18)14(20)17-7-13-11-8-19(15(16)21)6-4-10(11)9-22-13/h2-3,5,10-11,13H,4,6-9H2,1H3,(H2,16,21)(H,17,20)/t10-,11+,13-/m0/s1. The van der Waals surface area contributed by atoms with Crippen molar-refractivity contribution in [3.63, 3.8) is 0 Å². The first-order valence-electron chi connectivity index (χ1n) is 7.61. The molecule has 120 valence electrons. The molecule has 0 aliphatic carbocycles. The van der Waals surface area contributed by atoms with Crippen molar-refractivity contribution in [2.45, 2.75) is 12.5 Å². The van der Waals surface area contributed by atoms with E-state index in [-0.39, 0.29) is 24.0 Å². The molecule has 2 saturated heterocycles. The Morgan fingerprint density at radius 2 is 2.32 bits per heavy atom. The number of primary amides is 1. The van der Waals surface area contributed by atoms with Crippen molar-refractivity contribution in [2.24, 2.45) is 24.6 Å². The smallest absolute Gasteiger partial charge is 0.314 e. The maximum Gasteiger partial charge on any atom is 0.314 e. The van der Waals surface area contributed by atoms with Crippen molar-refractivity contribution in [3.05, 3.63) is 24.0 Å². The Balaban J connectivity index is 1.58. The van der Waals surface area contributed by atoms with Crippen LogP contribution in [0.15, 0.2) is 18.3 Å². The second-order valence-electron chi connectivity index (χ2n) is 6.08. The number of amides is 3. The van der Waals surface area contributed by atoms with E-state index in [1.165, 1.54) is 0 Å². The first kappa shape index (κ1) is 14.9. The van der Waals surface area contributed by atoms with Crippen LogP contribution in [-0.2, 0) is 11.8 Å². The van der Waals surface area contributed by atoms with Gasteiger partial charge in [-0.15, -0.1) is 0 Å². The molecule has 22 heavy (non-hydrogen) atoms. The van der Waals surface area contributed by atoms with Gasteiger partial charge in [-0.05, 0) is 24.5 Å². The average molecular weight is 306 g/mol. The second-order valence-corrected chi connectivity index (χ2v) is 6.08. The molecule has 7 heteroatoms. The summed E-state index contributed by atoms with van der Waals surface area (Å²) in [6.07, 6.45) is 2.69. The van der Waals surface area contributed by atoms with Crippen LogP contribution in [0.2, 0.25) is 0 Å². The summed E-state index contributed by atoms with van der Waals surface area (Å²) in [6.45, 7) is 2.47. The van der Waals surface area contributed by atoms with E-state index in [9.17, 15) is 9.59 Å². The third-order valence-electron chi connectivity index (χ3n) is 4.76. The SMILES string of the molecule is Cn1cccc1C(=O)NC[C@@H]1OC[C@@H]2CCN(C(N)=O)C[C@H]21. The minimum atomic E-state index is -0.378. The van der Waals surface area contributed by atoms with Gasteiger partial charge >= 0.3 is 6.03 Å². The molecule has 3 rings (SSSR count). The van der Waals surface area contributed by atoms with Crippen molar-refractivity contribution in [1.82, 2.24) is 14.8 Å². The average Bonchev–Trinajstić information content (AvgIpc) is 3.10. The van der Waals surface area contributed by atoms with E-state index in [4.69, 9.17) is 10.5 Å². The molecule has 3 heterocycles. The molecular formula is C15H22N4O3. The summed E-state index contributed by atoms with van der Waals surface area (Å²) < 4.78 is 7.61. The number of fused-ring (bicyclic) bond motifs is 1. The monoisotopic (exact) mass is 306 g/mol. The molecule has 0 radical (unpaired) electrons. The lowest BCUT2D eigenvalue weighted by Gasteiger charge is -2.35. The molecule has 3 atom stereocenters. The Bertz CT molecular complexity index is 571. The Labute approximate surface area is 129 Å². The normalized spacial score (nSPS) is 27.5. The van der Waals surface area contributed by atoms with Crippen molar-refractivity contribution >= 4 is 11.9 Å². The van der Waals surface area contributed by atoms with Crippen LogP contribution in [0.1, 0.15) is 16.9 Å². The quantitative estimate of drug-likeness (QED) is 0.834. The van der Waals surface area contributed by atoms with Crippen LogP contribution in [0.5, 0.6) is 0 Å². The summed E-state index contributed by atoms with van der Waals surface area (Å²) in [5, 5.41) is 2.93. The number of nitrogens with two attached hydrogens (primary N) is 1. The van der Waals surface area contributed by atoms with E-state index < -0.39 is 0 Å². The van der Waals surface area contributed by atoms with Crippen LogP contribution in [0.25, 0.3) is 0 Å². The lowest BCUT2D eigenvalue weighted by Crippen LogP contribution is -2.49. The number of aromatic nitrogens is 1. The van der Waals surface area contributed by atoms with E-state index in [0.29, 0.717) is 37.9 Å². The molecule has 1 aromatic rings. The fourth-order valence-electron chi connectivity index (χ4n) is 3.42. The number of nitrogens with one attached hydrogen (secondary N) is 1. The summed E-state index contributed by atoms with van der Waals surface area (Å²) in [7, 11) is 1.84. The summed E-state index contributed by atoms with van der Waals surface area (Å²) in [4.78, 5) is 25.2. The van der Waals surface area contributed by atoms with E-state index in [0.717, 1.165) is 6.42 Å². The first-order valence-corrected chi connectivity index (χ1v) is 7.61. The highest BCUT2D eigenvalue weighted by Crippen LogP contribution is 2.33. The van der Waals surface area contributed by atoms with Crippen molar-refractivity contribution in [1.29, 1.82) is 0 Å². The molecule has 3 N–H and O–H groups in total. The minimum absolute atomic E-state index is 0.0589. The molecule has 0 aromatic carbocycles. The van der Waals surface area contributed by atoms with Gasteiger partial charge in [0.2, 0.25) is 0 Å². The lowest BCUT2D eigenvalue weighted by atomic mass is 9.84. The second kappa shape index (κ2) is 6.00.